The fraction of sp³-hybridized carbons (Fsp3) is 0.650. The summed E-state index contributed by atoms with van der Waals surface area (Å²) in [6, 6.07) is 8.14. The first-order valence-corrected chi connectivity index (χ1v) is 9.12. The first-order chi connectivity index (χ1) is 11.6. The lowest BCUT2D eigenvalue weighted by atomic mass is 9.73. The molecule has 4 heteroatoms. The standard InChI is InChI=1S/C20H27NO3/c1-23-18-10-9-15(13-19(18)24-17-7-2-3-8-17)12-16-6-4-5-11-20(16,22)14-21/h9-10,13,16-17,22H,2-8,11-12H2,1H3. The molecule has 2 atom stereocenters. The van der Waals surface area contributed by atoms with Crippen LogP contribution in [-0.4, -0.2) is 23.9 Å². The van der Waals surface area contributed by atoms with Crippen molar-refractivity contribution in [1.82, 2.24) is 0 Å². The fourth-order valence-electron chi connectivity index (χ4n) is 4.06. The molecule has 0 aromatic heterocycles. The van der Waals surface area contributed by atoms with Crippen LogP contribution in [0.3, 0.4) is 0 Å². The third-order valence-electron chi connectivity index (χ3n) is 5.54. The zero-order chi connectivity index (χ0) is 17.0. The minimum Gasteiger partial charge on any atom is -0.493 e. The number of nitriles is 1. The van der Waals surface area contributed by atoms with Crippen molar-refractivity contribution in [1.29, 1.82) is 5.26 Å². The van der Waals surface area contributed by atoms with Gasteiger partial charge in [0, 0.05) is 5.92 Å². The van der Waals surface area contributed by atoms with Gasteiger partial charge < -0.3 is 14.6 Å². The number of aliphatic hydroxyl groups is 1. The van der Waals surface area contributed by atoms with Gasteiger partial charge in [-0.2, -0.15) is 5.26 Å². The minimum absolute atomic E-state index is 0.0102. The molecule has 2 fully saturated rings. The summed E-state index contributed by atoms with van der Waals surface area (Å²) in [4.78, 5) is 0. The van der Waals surface area contributed by atoms with Crippen molar-refractivity contribution >= 4 is 0 Å². The molecule has 2 saturated carbocycles. The molecular formula is C20H27NO3. The highest BCUT2D eigenvalue weighted by molar-refractivity contribution is 5.43. The molecule has 0 saturated heterocycles. The molecular weight excluding hydrogens is 302 g/mol. The van der Waals surface area contributed by atoms with Crippen LogP contribution in [0.5, 0.6) is 11.5 Å². The maximum Gasteiger partial charge on any atom is 0.161 e. The van der Waals surface area contributed by atoms with Crippen LogP contribution >= 0.6 is 0 Å². The summed E-state index contributed by atoms with van der Waals surface area (Å²) >= 11 is 0. The van der Waals surface area contributed by atoms with Gasteiger partial charge in [0.25, 0.3) is 0 Å². The first kappa shape index (κ1) is 17.1. The van der Waals surface area contributed by atoms with Crippen LogP contribution in [0.2, 0.25) is 0 Å². The molecule has 1 aromatic rings. The van der Waals surface area contributed by atoms with Gasteiger partial charge in [-0.15, -0.1) is 0 Å². The van der Waals surface area contributed by atoms with E-state index in [1.165, 1.54) is 12.8 Å². The zero-order valence-electron chi connectivity index (χ0n) is 14.5. The average Bonchev–Trinajstić information content (AvgIpc) is 3.10. The third kappa shape index (κ3) is 3.67. The molecule has 24 heavy (non-hydrogen) atoms. The monoisotopic (exact) mass is 329 g/mol. The molecule has 0 radical (unpaired) electrons. The predicted octanol–water partition coefficient (Wildman–Crippen LogP) is 4.00. The second kappa shape index (κ2) is 7.44. The molecule has 2 aliphatic rings. The molecule has 0 amide bonds. The van der Waals surface area contributed by atoms with E-state index in [9.17, 15) is 10.4 Å². The van der Waals surface area contributed by atoms with Crippen molar-refractivity contribution in [2.45, 2.75) is 69.5 Å². The highest BCUT2D eigenvalue weighted by Gasteiger charge is 2.39. The van der Waals surface area contributed by atoms with E-state index >= 15 is 0 Å². The number of hydrogen-bond acceptors (Lipinski definition) is 4. The minimum atomic E-state index is -1.19. The summed E-state index contributed by atoms with van der Waals surface area (Å²) in [5, 5.41) is 20.0. The number of ether oxygens (including phenoxy) is 2. The lowest BCUT2D eigenvalue weighted by Crippen LogP contribution is -2.40. The van der Waals surface area contributed by atoms with Crippen molar-refractivity contribution in [2.24, 2.45) is 5.92 Å². The van der Waals surface area contributed by atoms with Crippen LogP contribution in [0, 0.1) is 17.2 Å². The Bertz CT molecular complexity index is 603. The Morgan fingerprint density at radius 1 is 1.17 bits per heavy atom. The van der Waals surface area contributed by atoms with Crippen molar-refractivity contribution in [3.63, 3.8) is 0 Å². The predicted molar refractivity (Wildman–Crippen MR) is 92.1 cm³/mol. The maximum atomic E-state index is 10.6. The molecule has 4 nitrogen and oxygen atoms in total. The van der Waals surface area contributed by atoms with E-state index in [1.807, 2.05) is 18.2 Å². The number of nitrogens with zero attached hydrogens (tertiary/aromatic N) is 1. The van der Waals surface area contributed by atoms with E-state index < -0.39 is 5.60 Å². The Labute approximate surface area is 144 Å². The van der Waals surface area contributed by atoms with Gasteiger partial charge in [0.1, 0.15) is 0 Å². The van der Waals surface area contributed by atoms with Gasteiger partial charge in [0.2, 0.25) is 0 Å². The van der Waals surface area contributed by atoms with Crippen molar-refractivity contribution in [2.75, 3.05) is 7.11 Å². The Morgan fingerprint density at radius 2 is 1.92 bits per heavy atom. The highest BCUT2D eigenvalue weighted by Crippen LogP contribution is 2.38. The molecule has 0 heterocycles. The molecule has 1 N–H and O–H groups in total. The van der Waals surface area contributed by atoms with Crippen LogP contribution in [0.25, 0.3) is 0 Å². The Hall–Kier alpha value is -1.73. The Kier molecular flexibility index (Phi) is 5.30. The van der Waals surface area contributed by atoms with Crippen LogP contribution in [-0.2, 0) is 6.42 Å². The second-order valence-corrected chi connectivity index (χ2v) is 7.19. The molecule has 0 aliphatic heterocycles. The van der Waals surface area contributed by atoms with Gasteiger partial charge in [-0.1, -0.05) is 12.5 Å². The third-order valence-corrected chi connectivity index (χ3v) is 5.54. The number of benzene rings is 1. The molecule has 130 valence electrons. The van der Waals surface area contributed by atoms with Crippen LogP contribution in [0.1, 0.15) is 56.9 Å². The van der Waals surface area contributed by atoms with E-state index in [1.54, 1.807) is 7.11 Å². The molecule has 0 bridgehead atoms. The first-order valence-electron chi connectivity index (χ1n) is 9.12. The second-order valence-electron chi connectivity index (χ2n) is 7.19. The molecule has 3 rings (SSSR count). The van der Waals surface area contributed by atoms with E-state index in [-0.39, 0.29) is 12.0 Å². The lowest BCUT2D eigenvalue weighted by Gasteiger charge is -2.34. The van der Waals surface area contributed by atoms with Crippen LogP contribution in [0.15, 0.2) is 18.2 Å². The smallest absolute Gasteiger partial charge is 0.161 e. The lowest BCUT2D eigenvalue weighted by molar-refractivity contribution is 0.00253. The van der Waals surface area contributed by atoms with Gasteiger partial charge in [-0.3, -0.25) is 0 Å². The number of rotatable bonds is 5. The largest absolute Gasteiger partial charge is 0.493 e. The van der Waals surface area contributed by atoms with Gasteiger partial charge in [-0.25, -0.2) is 0 Å². The molecule has 0 spiro atoms. The number of methoxy groups -OCH3 is 1. The number of hydrogen-bond donors (Lipinski definition) is 1. The summed E-state index contributed by atoms with van der Waals surface area (Å²) < 4.78 is 11.6. The van der Waals surface area contributed by atoms with E-state index in [4.69, 9.17) is 9.47 Å². The maximum absolute atomic E-state index is 10.6. The molecule has 2 aliphatic carbocycles. The quantitative estimate of drug-likeness (QED) is 0.829. The van der Waals surface area contributed by atoms with Crippen LogP contribution in [0.4, 0.5) is 0 Å². The summed E-state index contributed by atoms with van der Waals surface area (Å²) in [5.41, 5.74) is -0.0886. The highest BCUT2D eigenvalue weighted by atomic mass is 16.5. The molecule has 1 aromatic carbocycles. The SMILES string of the molecule is COc1ccc(CC2CCCCC2(O)C#N)cc1OC1CCCC1. The van der Waals surface area contributed by atoms with Crippen LogP contribution < -0.4 is 9.47 Å². The topological polar surface area (TPSA) is 62.5 Å². The average molecular weight is 329 g/mol. The summed E-state index contributed by atoms with van der Waals surface area (Å²) in [7, 11) is 1.66. The summed E-state index contributed by atoms with van der Waals surface area (Å²) in [5.74, 6) is 1.53. The fourth-order valence-corrected chi connectivity index (χ4v) is 4.06. The normalized spacial score (nSPS) is 27.6. The van der Waals surface area contributed by atoms with Crippen molar-refractivity contribution in [3.8, 4) is 17.6 Å². The zero-order valence-corrected chi connectivity index (χ0v) is 14.5. The van der Waals surface area contributed by atoms with Gasteiger partial charge in [-0.05, 0) is 69.1 Å². The van der Waals surface area contributed by atoms with Crippen molar-refractivity contribution < 1.29 is 14.6 Å². The van der Waals surface area contributed by atoms with Gasteiger partial charge in [0.05, 0.1) is 19.3 Å². The van der Waals surface area contributed by atoms with E-state index in [0.29, 0.717) is 12.8 Å². The Morgan fingerprint density at radius 3 is 2.62 bits per heavy atom. The van der Waals surface area contributed by atoms with Gasteiger partial charge >= 0.3 is 0 Å². The molecule has 2 unspecified atom stereocenters. The van der Waals surface area contributed by atoms with E-state index in [2.05, 4.69) is 6.07 Å². The van der Waals surface area contributed by atoms with E-state index in [0.717, 1.165) is 49.2 Å². The summed E-state index contributed by atoms with van der Waals surface area (Å²) in [6.07, 6.45) is 9.12. The van der Waals surface area contributed by atoms with Crippen molar-refractivity contribution in [3.05, 3.63) is 23.8 Å². The summed E-state index contributed by atoms with van der Waals surface area (Å²) in [6.45, 7) is 0. The van der Waals surface area contributed by atoms with Gasteiger partial charge in [0.15, 0.2) is 17.1 Å². The Balaban J connectivity index is 1.76.